The number of carbonyl (C=O) groups excluding carboxylic acids is 4. The number of methoxy groups -OCH3 is 2. The number of amides is 4. The zero-order valence-corrected chi connectivity index (χ0v) is 31.7. The van der Waals surface area contributed by atoms with Gasteiger partial charge in [-0.2, -0.15) is 0 Å². The van der Waals surface area contributed by atoms with Crippen LogP contribution in [0, 0.1) is 11.8 Å². The van der Waals surface area contributed by atoms with E-state index in [0.29, 0.717) is 6.54 Å². The van der Waals surface area contributed by atoms with Crippen molar-refractivity contribution in [3.05, 3.63) is 72.6 Å². The lowest BCUT2D eigenvalue weighted by Gasteiger charge is -2.30. The summed E-state index contributed by atoms with van der Waals surface area (Å²) in [5.74, 6) is 0.725. The molecule has 4 N–H and O–H groups in total. The van der Waals surface area contributed by atoms with Gasteiger partial charge in [0.15, 0.2) is 0 Å². The molecule has 4 amide bonds. The van der Waals surface area contributed by atoms with E-state index in [-0.39, 0.29) is 41.7 Å². The number of aromatic nitrogens is 4. The molecule has 2 aromatic carbocycles. The van der Waals surface area contributed by atoms with Crippen LogP contribution in [0.1, 0.15) is 83.4 Å². The first-order valence-corrected chi connectivity index (χ1v) is 18.6. The van der Waals surface area contributed by atoms with Gasteiger partial charge in [0.25, 0.3) is 0 Å². The zero-order valence-electron chi connectivity index (χ0n) is 31.7. The summed E-state index contributed by atoms with van der Waals surface area (Å²) >= 11 is 0. The maximum absolute atomic E-state index is 13.5. The Labute approximate surface area is 315 Å². The number of hydrogen-bond acceptors (Lipinski definition) is 8. The molecule has 2 fully saturated rings. The zero-order chi connectivity index (χ0) is 38.5. The molecule has 4 atom stereocenters. The number of benzene rings is 2. The van der Waals surface area contributed by atoms with Crippen LogP contribution in [0.3, 0.4) is 0 Å². The van der Waals surface area contributed by atoms with E-state index in [1.807, 2.05) is 33.9 Å². The van der Waals surface area contributed by atoms with Crippen LogP contribution in [0.4, 0.5) is 9.59 Å². The number of hydrogen-bond donors (Lipinski definition) is 4. The van der Waals surface area contributed by atoms with Crippen molar-refractivity contribution < 1.29 is 28.7 Å². The standard InChI is InChI=1S/C40H50N8O6/c1-23(2)34(45-39(51)53-5)38(50)47-20-8-11-33(47)36-42-22-32(44-36)28-18-14-26(15-19-28)25-12-16-27(17-13-25)31-21-41-35(43-31)29-9-7-10-30(29)37(49)48(24(3)4)46-40(52)54-6/h12-19,21-24,29-30,33-34H,7-11,20H2,1-6H3,(H,41,43)(H,42,44)(H,45,51)(H,46,52)/t29?,30?,33-,34-/m0/s1. The Morgan fingerprint density at radius 1 is 0.759 bits per heavy atom. The van der Waals surface area contributed by atoms with Crippen LogP contribution in [0.15, 0.2) is 60.9 Å². The Morgan fingerprint density at radius 3 is 1.87 bits per heavy atom. The Hall–Kier alpha value is -5.66. The van der Waals surface area contributed by atoms with Crippen molar-refractivity contribution in [2.45, 2.75) is 83.8 Å². The van der Waals surface area contributed by atoms with Gasteiger partial charge in [0.1, 0.15) is 17.7 Å². The molecule has 6 rings (SSSR count). The smallest absolute Gasteiger partial charge is 0.425 e. The molecule has 1 aliphatic heterocycles. The van der Waals surface area contributed by atoms with Crippen LogP contribution < -0.4 is 10.7 Å². The highest BCUT2D eigenvalue weighted by Gasteiger charge is 2.40. The van der Waals surface area contributed by atoms with Gasteiger partial charge in [-0.3, -0.25) is 9.59 Å². The molecule has 2 unspecified atom stereocenters. The molecule has 54 heavy (non-hydrogen) atoms. The van der Waals surface area contributed by atoms with Gasteiger partial charge in [0.05, 0.1) is 44.0 Å². The Kier molecular flexibility index (Phi) is 11.7. The largest absolute Gasteiger partial charge is 0.453 e. The normalized spacial score (nSPS) is 18.8. The highest BCUT2D eigenvalue weighted by molar-refractivity contribution is 5.86. The van der Waals surface area contributed by atoms with E-state index >= 15 is 0 Å². The second kappa shape index (κ2) is 16.6. The van der Waals surface area contributed by atoms with Gasteiger partial charge < -0.3 is 29.7 Å². The van der Waals surface area contributed by atoms with Crippen molar-refractivity contribution in [3.8, 4) is 33.6 Å². The number of aromatic amines is 2. The van der Waals surface area contributed by atoms with Crippen LogP contribution in [0.25, 0.3) is 33.6 Å². The number of alkyl carbamates (subject to hydrolysis) is 1. The molecule has 2 aliphatic rings. The molecule has 4 aromatic rings. The predicted octanol–water partition coefficient (Wildman–Crippen LogP) is 6.57. The molecule has 1 saturated heterocycles. The number of hydrazine groups is 1. The highest BCUT2D eigenvalue weighted by Crippen LogP contribution is 2.40. The number of nitrogens with zero attached hydrogens (tertiary/aromatic N) is 4. The van der Waals surface area contributed by atoms with E-state index in [9.17, 15) is 19.2 Å². The van der Waals surface area contributed by atoms with Gasteiger partial charge in [-0.15, -0.1) is 0 Å². The molecular formula is C40H50N8O6. The van der Waals surface area contributed by atoms with E-state index in [1.165, 1.54) is 19.2 Å². The summed E-state index contributed by atoms with van der Waals surface area (Å²) in [6.45, 7) is 8.10. The third kappa shape index (κ3) is 8.12. The maximum Gasteiger partial charge on any atom is 0.425 e. The molecule has 1 saturated carbocycles. The van der Waals surface area contributed by atoms with Gasteiger partial charge in [-0.05, 0) is 67.7 Å². The molecule has 2 aromatic heterocycles. The third-order valence-corrected chi connectivity index (χ3v) is 10.5. The van der Waals surface area contributed by atoms with Crippen LogP contribution in [-0.4, -0.2) is 86.7 Å². The fourth-order valence-corrected chi connectivity index (χ4v) is 7.55. The fourth-order valence-electron chi connectivity index (χ4n) is 7.55. The molecule has 1 aliphatic carbocycles. The van der Waals surface area contributed by atoms with Crippen molar-refractivity contribution in [1.29, 1.82) is 0 Å². The molecule has 0 radical (unpaired) electrons. The van der Waals surface area contributed by atoms with Crippen molar-refractivity contribution in [2.24, 2.45) is 11.8 Å². The van der Waals surface area contributed by atoms with E-state index in [1.54, 1.807) is 11.1 Å². The summed E-state index contributed by atoms with van der Waals surface area (Å²) < 4.78 is 9.48. The topological polar surface area (TPSA) is 175 Å². The first kappa shape index (κ1) is 38.1. The van der Waals surface area contributed by atoms with Gasteiger partial charge in [0, 0.05) is 24.4 Å². The highest BCUT2D eigenvalue weighted by atomic mass is 16.5. The number of H-pyrrole nitrogens is 2. The van der Waals surface area contributed by atoms with Gasteiger partial charge in [0.2, 0.25) is 11.8 Å². The summed E-state index contributed by atoms with van der Waals surface area (Å²) in [6, 6.07) is 15.4. The lowest BCUT2D eigenvalue weighted by Crippen LogP contribution is -2.52. The Morgan fingerprint density at radius 2 is 1.31 bits per heavy atom. The monoisotopic (exact) mass is 738 g/mol. The van der Waals surface area contributed by atoms with Crippen molar-refractivity contribution >= 4 is 24.0 Å². The van der Waals surface area contributed by atoms with E-state index in [0.717, 1.165) is 77.4 Å². The average molecular weight is 739 g/mol. The molecule has 14 heteroatoms. The number of nitrogens with one attached hydrogen (secondary N) is 4. The number of carbonyl (C=O) groups is 4. The van der Waals surface area contributed by atoms with Gasteiger partial charge >= 0.3 is 12.2 Å². The molecule has 3 heterocycles. The summed E-state index contributed by atoms with van der Waals surface area (Å²) in [4.78, 5) is 68.9. The van der Waals surface area contributed by atoms with Gasteiger partial charge in [-0.25, -0.2) is 30.0 Å². The molecule has 286 valence electrons. The van der Waals surface area contributed by atoms with Crippen LogP contribution in [0.2, 0.25) is 0 Å². The van der Waals surface area contributed by atoms with Crippen molar-refractivity contribution in [3.63, 3.8) is 0 Å². The lowest BCUT2D eigenvalue weighted by molar-refractivity contribution is -0.140. The summed E-state index contributed by atoms with van der Waals surface area (Å²) in [6.07, 6.45) is 6.39. The third-order valence-electron chi connectivity index (χ3n) is 10.5. The number of ether oxygens (including phenoxy) is 2. The molecule has 0 bridgehead atoms. The van der Waals surface area contributed by atoms with Crippen molar-refractivity contribution in [1.82, 2.24) is 40.6 Å². The predicted molar refractivity (Wildman–Crippen MR) is 203 cm³/mol. The number of rotatable bonds is 10. The number of likely N-dealkylation sites (tertiary alicyclic amines) is 1. The van der Waals surface area contributed by atoms with Crippen LogP contribution >= 0.6 is 0 Å². The second-order valence-electron chi connectivity index (χ2n) is 14.6. The van der Waals surface area contributed by atoms with E-state index in [2.05, 4.69) is 79.2 Å². The fraction of sp³-hybridized carbons (Fsp3) is 0.450. The Balaban J connectivity index is 1.11. The van der Waals surface area contributed by atoms with E-state index in [4.69, 9.17) is 9.47 Å². The van der Waals surface area contributed by atoms with E-state index < -0.39 is 18.2 Å². The quantitative estimate of drug-likeness (QED) is 0.132. The van der Waals surface area contributed by atoms with Crippen molar-refractivity contribution in [2.75, 3.05) is 20.8 Å². The SMILES string of the molecule is COC(=O)N[C@H](C(=O)N1CCC[C@H]1c1ncc(-c2ccc(-c3ccc(-c4cnc(C5CCCC5C(=O)N(NC(=O)OC)C(C)C)[nH]4)cc3)cc2)[nH]1)C(C)C. The summed E-state index contributed by atoms with van der Waals surface area (Å²) in [5, 5.41) is 4.05. The Bertz CT molecular complexity index is 1800. The second-order valence-corrected chi connectivity index (χ2v) is 14.6. The van der Waals surface area contributed by atoms with Crippen LogP contribution in [-0.2, 0) is 19.1 Å². The van der Waals surface area contributed by atoms with Gasteiger partial charge in [-0.1, -0.05) is 68.8 Å². The first-order chi connectivity index (χ1) is 26.0. The minimum Gasteiger partial charge on any atom is -0.453 e. The van der Waals surface area contributed by atoms with Crippen LogP contribution in [0.5, 0.6) is 0 Å². The number of imidazole rings is 2. The lowest BCUT2D eigenvalue weighted by atomic mass is 9.94. The minimum absolute atomic E-state index is 0.0807. The molecule has 14 nitrogen and oxygen atoms in total. The average Bonchev–Trinajstić information content (AvgIpc) is 4.02. The minimum atomic E-state index is -0.687. The molecule has 0 spiro atoms. The maximum atomic E-state index is 13.5. The summed E-state index contributed by atoms with van der Waals surface area (Å²) in [7, 11) is 2.56. The molecular weight excluding hydrogens is 688 g/mol. The first-order valence-electron chi connectivity index (χ1n) is 18.6. The summed E-state index contributed by atoms with van der Waals surface area (Å²) in [5.41, 5.74) is 8.37.